The summed E-state index contributed by atoms with van der Waals surface area (Å²) < 4.78 is 0. The molecule has 0 amide bonds. The van der Waals surface area contributed by atoms with Crippen molar-refractivity contribution in [1.29, 1.82) is 0 Å². The maximum absolute atomic E-state index is 4.65. The molecule has 44 valence electrons. The summed E-state index contributed by atoms with van der Waals surface area (Å²) in [7, 11) is 0. The van der Waals surface area contributed by atoms with Crippen LogP contribution >= 0.6 is 0 Å². The molecule has 1 saturated heterocycles. The summed E-state index contributed by atoms with van der Waals surface area (Å²) in [4.78, 5) is 9.21. The predicted octanol–water partition coefficient (Wildman–Crippen LogP) is 0.889. The highest BCUT2D eigenvalue weighted by Crippen LogP contribution is 2.05. The lowest BCUT2D eigenvalue weighted by molar-refractivity contribution is -0.270. The lowest BCUT2D eigenvalue weighted by Gasteiger charge is -1.90. The van der Waals surface area contributed by atoms with Crippen molar-refractivity contribution in [2.24, 2.45) is 0 Å². The Morgan fingerprint density at radius 2 is 2.29 bits per heavy atom. The molecule has 3 nitrogen and oxygen atoms in total. The first-order chi connectivity index (χ1) is 2.89. The molecule has 0 saturated carbocycles. The van der Waals surface area contributed by atoms with Crippen LogP contribution in [0.25, 0.3) is 0 Å². The van der Waals surface area contributed by atoms with E-state index in [-0.39, 0.29) is 6.15 Å². The fraction of sp³-hybridized carbons (Fsp3) is 1.00. The van der Waals surface area contributed by atoms with Crippen LogP contribution in [0.1, 0.15) is 13.3 Å². The zero-order chi connectivity index (χ0) is 4.41. The van der Waals surface area contributed by atoms with Gasteiger partial charge in [-0.05, 0) is 6.92 Å². The van der Waals surface area contributed by atoms with Gasteiger partial charge in [-0.3, -0.25) is 0 Å². The molecule has 3 heteroatoms. The first-order valence-electron chi connectivity index (χ1n) is 2.18. The molecule has 1 heterocycles. The van der Waals surface area contributed by atoms with Crippen LogP contribution in [0.4, 0.5) is 0 Å². The quantitative estimate of drug-likeness (QED) is 0.465. The van der Waals surface area contributed by atoms with Crippen molar-refractivity contribution in [1.82, 2.24) is 6.15 Å². The van der Waals surface area contributed by atoms with Gasteiger partial charge in [0.15, 0.2) is 0 Å². The largest absolute Gasteiger partial charge is 0.344 e. The van der Waals surface area contributed by atoms with Crippen molar-refractivity contribution >= 4 is 0 Å². The van der Waals surface area contributed by atoms with Crippen molar-refractivity contribution in [2.75, 3.05) is 6.61 Å². The molecule has 1 fully saturated rings. The fourth-order valence-electron chi connectivity index (χ4n) is 0.426. The Balaban J connectivity index is 0.000000360. The number of rotatable bonds is 0. The molecular formula is C4H11NO2. The van der Waals surface area contributed by atoms with Gasteiger partial charge >= 0.3 is 0 Å². The first-order valence-corrected chi connectivity index (χ1v) is 2.18. The molecule has 0 aromatic carbocycles. The number of hydrogen-bond acceptors (Lipinski definition) is 3. The van der Waals surface area contributed by atoms with Crippen LogP contribution in [-0.2, 0) is 9.78 Å². The minimum Gasteiger partial charge on any atom is -0.344 e. The minimum atomic E-state index is 0. The topological polar surface area (TPSA) is 53.5 Å². The van der Waals surface area contributed by atoms with E-state index in [1.54, 1.807) is 0 Å². The SMILES string of the molecule is CC1CCOO1.N. The summed E-state index contributed by atoms with van der Waals surface area (Å²) in [6.07, 6.45) is 1.37. The molecule has 0 radical (unpaired) electrons. The van der Waals surface area contributed by atoms with Crippen LogP contribution in [0.3, 0.4) is 0 Å². The summed E-state index contributed by atoms with van der Waals surface area (Å²) >= 11 is 0. The third-order valence-corrected chi connectivity index (χ3v) is 0.840. The predicted molar refractivity (Wildman–Crippen MR) is 26.1 cm³/mol. The summed E-state index contributed by atoms with van der Waals surface area (Å²) in [6.45, 7) is 2.76. The molecule has 1 rings (SSSR count). The molecule has 1 atom stereocenters. The van der Waals surface area contributed by atoms with E-state index < -0.39 is 0 Å². The van der Waals surface area contributed by atoms with Crippen LogP contribution in [-0.4, -0.2) is 12.7 Å². The standard InChI is InChI=1S/C4H8O2.H3N/c1-4-2-3-5-6-4;/h4H,2-3H2,1H3;1H3. The highest BCUT2D eigenvalue weighted by molar-refractivity contribution is 4.48. The Labute approximate surface area is 43.1 Å². The second-order valence-electron chi connectivity index (χ2n) is 1.52. The highest BCUT2D eigenvalue weighted by Gasteiger charge is 2.09. The molecule has 0 aliphatic carbocycles. The molecule has 1 unspecified atom stereocenters. The maximum atomic E-state index is 4.65. The van der Waals surface area contributed by atoms with Gasteiger partial charge in [-0.15, -0.1) is 0 Å². The lowest BCUT2D eigenvalue weighted by Crippen LogP contribution is -1.93. The second kappa shape index (κ2) is 2.96. The first kappa shape index (κ1) is 6.88. The van der Waals surface area contributed by atoms with Crippen LogP contribution in [0.2, 0.25) is 0 Å². The Morgan fingerprint density at radius 3 is 2.43 bits per heavy atom. The molecule has 1 aliphatic rings. The van der Waals surface area contributed by atoms with E-state index in [1.807, 2.05) is 6.92 Å². The Morgan fingerprint density at radius 1 is 1.57 bits per heavy atom. The van der Waals surface area contributed by atoms with Gasteiger partial charge in [0.25, 0.3) is 0 Å². The zero-order valence-corrected chi connectivity index (χ0v) is 4.52. The third-order valence-electron chi connectivity index (χ3n) is 0.840. The number of hydrogen-bond donors (Lipinski definition) is 1. The van der Waals surface area contributed by atoms with Crippen LogP contribution in [0.5, 0.6) is 0 Å². The molecule has 0 aromatic heterocycles. The second-order valence-corrected chi connectivity index (χ2v) is 1.52. The van der Waals surface area contributed by atoms with Crippen molar-refractivity contribution < 1.29 is 9.78 Å². The van der Waals surface area contributed by atoms with E-state index in [1.165, 1.54) is 0 Å². The summed E-state index contributed by atoms with van der Waals surface area (Å²) in [5.41, 5.74) is 0. The molecule has 3 N–H and O–H groups in total. The summed E-state index contributed by atoms with van der Waals surface area (Å²) in [5, 5.41) is 0. The third kappa shape index (κ3) is 1.87. The van der Waals surface area contributed by atoms with Gasteiger partial charge in [-0.25, -0.2) is 9.78 Å². The van der Waals surface area contributed by atoms with Gasteiger partial charge in [0.1, 0.15) is 0 Å². The zero-order valence-electron chi connectivity index (χ0n) is 4.52. The van der Waals surface area contributed by atoms with Crippen LogP contribution in [0.15, 0.2) is 0 Å². The van der Waals surface area contributed by atoms with Gasteiger partial charge in [0.2, 0.25) is 0 Å². The average molecular weight is 105 g/mol. The fourth-order valence-corrected chi connectivity index (χ4v) is 0.426. The Kier molecular flexibility index (Phi) is 2.91. The van der Waals surface area contributed by atoms with E-state index in [4.69, 9.17) is 0 Å². The van der Waals surface area contributed by atoms with E-state index >= 15 is 0 Å². The average Bonchev–Trinajstić information content (AvgIpc) is 1.86. The normalized spacial score (nSPS) is 29.6. The highest BCUT2D eigenvalue weighted by atomic mass is 17.2. The van der Waals surface area contributed by atoms with Gasteiger partial charge < -0.3 is 6.15 Å². The van der Waals surface area contributed by atoms with Crippen molar-refractivity contribution in [3.63, 3.8) is 0 Å². The van der Waals surface area contributed by atoms with Gasteiger partial charge in [0, 0.05) is 6.42 Å². The van der Waals surface area contributed by atoms with E-state index in [0.717, 1.165) is 13.0 Å². The minimum absolute atomic E-state index is 0. The molecule has 0 spiro atoms. The van der Waals surface area contributed by atoms with Crippen molar-refractivity contribution in [3.05, 3.63) is 0 Å². The molecule has 0 aromatic rings. The summed E-state index contributed by atoms with van der Waals surface area (Å²) in [6, 6.07) is 0. The maximum Gasteiger partial charge on any atom is 0.0925 e. The smallest absolute Gasteiger partial charge is 0.0925 e. The monoisotopic (exact) mass is 105 g/mol. The van der Waals surface area contributed by atoms with Gasteiger partial charge in [0.05, 0.1) is 12.7 Å². The van der Waals surface area contributed by atoms with E-state index in [0.29, 0.717) is 6.10 Å². The molecule has 7 heavy (non-hydrogen) atoms. The van der Waals surface area contributed by atoms with E-state index in [9.17, 15) is 0 Å². The molecule has 0 bridgehead atoms. The van der Waals surface area contributed by atoms with Crippen LogP contribution in [0, 0.1) is 0 Å². The van der Waals surface area contributed by atoms with Gasteiger partial charge in [-0.1, -0.05) is 0 Å². The van der Waals surface area contributed by atoms with Crippen molar-refractivity contribution in [3.8, 4) is 0 Å². The van der Waals surface area contributed by atoms with Crippen molar-refractivity contribution in [2.45, 2.75) is 19.4 Å². The summed E-state index contributed by atoms with van der Waals surface area (Å²) in [5.74, 6) is 0. The van der Waals surface area contributed by atoms with E-state index in [2.05, 4.69) is 9.78 Å². The van der Waals surface area contributed by atoms with Gasteiger partial charge in [-0.2, -0.15) is 0 Å². The lowest BCUT2D eigenvalue weighted by atomic mass is 10.3. The Hall–Kier alpha value is -0.120. The Bertz CT molecular complexity index is 43.0. The molecule has 1 aliphatic heterocycles. The van der Waals surface area contributed by atoms with Crippen LogP contribution < -0.4 is 6.15 Å². The molecular weight excluding hydrogens is 94.0 g/mol.